The number of hydrogen-bond acceptors (Lipinski definition) is 2. The van der Waals surface area contributed by atoms with Crippen molar-refractivity contribution in [2.24, 2.45) is 0 Å². The van der Waals surface area contributed by atoms with Crippen LogP contribution in [0.2, 0.25) is 0 Å². The van der Waals surface area contributed by atoms with Gasteiger partial charge in [-0.1, -0.05) is 84.0 Å². The second-order valence-electron chi connectivity index (χ2n) is 6.92. The third kappa shape index (κ3) is 14.4. The van der Waals surface area contributed by atoms with Crippen molar-refractivity contribution in [2.75, 3.05) is 13.6 Å². The predicted octanol–water partition coefficient (Wildman–Crippen LogP) is 6.31. The van der Waals surface area contributed by atoms with E-state index >= 15 is 0 Å². The summed E-state index contributed by atoms with van der Waals surface area (Å²) in [4.78, 5) is 2.32. The van der Waals surface area contributed by atoms with E-state index in [-0.39, 0.29) is 0 Å². The van der Waals surface area contributed by atoms with Crippen LogP contribution in [0.15, 0.2) is 0 Å². The van der Waals surface area contributed by atoms with Gasteiger partial charge in [0.1, 0.15) is 0 Å². The Morgan fingerprint density at radius 1 is 0.818 bits per heavy atom. The van der Waals surface area contributed by atoms with Crippen molar-refractivity contribution in [2.45, 2.75) is 110 Å². The lowest BCUT2D eigenvalue weighted by Gasteiger charge is -2.23. The molecule has 0 N–H and O–H groups in total. The molecule has 0 bridgehead atoms. The molecule has 0 aromatic heterocycles. The second-order valence-corrected chi connectivity index (χ2v) is 6.92. The molecule has 2 heteroatoms. The maximum absolute atomic E-state index is 8.61. The third-order valence-electron chi connectivity index (χ3n) is 4.80. The normalized spacial score (nSPS) is 12.5. The van der Waals surface area contributed by atoms with Crippen molar-refractivity contribution in [3.63, 3.8) is 0 Å². The van der Waals surface area contributed by atoms with Crippen LogP contribution in [-0.4, -0.2) is 24.5 Å². The van der Waals surface area contributed by atoms with E-state index in [1.807, 2.05) is 0 Å². The van der Waals surface area contributed by atoms with Gasteiger partial charge in [0.15, 0.2) is 0 Å². The first-order chi connectivity index (χ1) is 10.7. The van der Waals surface area contributed by atoms with Gasteiger partial charge in [-0.25, -0.2) is 0 Å². The van der Waals surface area contributed by atoms with E-state index < -0.39 is 0 Å². The summed E-state index contributed by atoms with van der Waals surface area (Å²) in [5, 5.41) is 8.61. The van der Waals surface area contributed by atoms with Crippen LogP contribution in [0.1, 0.15) is 104 Å². The third-order valence-corrected chi connectivity index (χ3v) is 4.80. The number of nitriles is 1. The summed E-state index contributed by atoms with van der Waals surface area (Å²) >= 11 is 0. The van der Waals surface area contributed by atoms with Gasteiger partial charge >= 0.3 is 0 Å². The molecule has 0 amide bonds. The fourth-order valence-electron chi connectivity index (χ4n) is 2.95. The Kier molecular flexibility index (Phi) is 16.4. The minimum absolute atomic E-state index is 0.622. The Bertz CT molecular complexity index is 257. The number of unbranched alkanes of at least 4 members (excludes halogenated alkanes) is 11. The minimum Gasteiger partial charge on any atom is -0.303 e. The predicted molar refractivity (Wildman–Crippen MR) is 98.0 cm³/mol. The van der Waals surface area contributed by atoms with Gasteiger partial charge < -0.3 is 4.90 Å². The van der Waals surface area contributed by atoms with E-state index in [1.54, 1.807) is 0 Å². The van der Waals surface area contributed by atoms with Gasteiger partial charge in [0.25, 0.3) is 0 Å². The Hall–Kier alpha value is -0.550. The fraction of sp³-hybridized carbons (Fsp3) is 0.950. The second kappa shape index (κ2) is 16.8. The molecule has 130 valence electrons. The summed E-state index contributed by atoms with van der Waals surface area (Å²) in [6, 6.07) is 2.85. The van der Waals surface area contributed by atoms with Crippen LogP contribution in [0.25, 0.3) is 0 Å². The zero-order valence-corrected chi connectivity index (χ0v) is 15.6. The molecule has 0 radical (unpaired) electrons. The summed E-state index contributed by atoms with van der Waals surface area (Å²) in [5.41, 5.74) is 0. The summed E-state index contributed by atoms with van der Waals surface area (Å²) in [6.07, 6.45) is 18.9. The maximum atomic E-state index is 8.61. The first-order valence-electron chi connectivity index (χ1n) is 9.79. The molecule has 22 heavy (non-hydrogen) atoms. The van der Waals surface area contributed by atoms with Crippen molar-refractivity contribution in [3.05, 3.63) is 0 Å². The minimum atomic E-state index is 0.622. The molecular formula is C20H40N2. The van der Waals surface area contributed by atoms with E-state index in [0.717, 1.165) is 6.54 Å². The highest BCUT2D eigenvalue weighted by molar-refractivity contribution is 4.73. The lowest BCUT2D eigenvalue weighted by atomic mass is 10.0. The molecule has 2 nitrogen and oxygen atoms in total. The maximum Gasteiger partial charge on any atom is 0.0635 e. The van der Waals surface area contributed by atoms with Crippen molar-refractivity contribution < 1.29 is 0 Å². The summed E-state index contributed by atoms with van der Waals surface area (Å²) < 4.78 is 0. The molecule has 0 saturated heterocycles. The lowest BCUT2D eigenvalue weighted by Crippen LogP contribution is -2.29. The molecule has 0 aliphatic rings. The van der Waals surface area contributed by atoms with E-state index in [1.165, 1.54) is 83.5 Å². The molecule has 1 atom stereocenters. The van der Waals surface area contributed by atoms with E-state index in [4.69, 9.17) is 5.26 Å². The largest absolute Gasteiger partial charge is 0.303 e. The molecule has 0 fully saturated rings. The van der Waals surface area contributed by atoms with Gasteiger partial charge in [0.2, 0.25) is 0 Å². The Labute approximate surface area is 140 Å². The molecule has 0 aromatic rings. The summed E-state index contributed by atoms with van der Waals surface area (Å²) in [6.45, 7) is 5.48. The molecule has 0 heterocycles. The van der Waals surface area contributed by atoms with E-state index in [9.17, 15) is 0 Å². The van der Waals surface area contributed by atoms with E-state index in [2.05, 4.69) is 31.9 Å². The van der Waals surface area contributed by atoms with Gasteiger partial charge in [-0.3, -0.25) is 0 Å². The van der Waals surface area contributed by atoms with Crippen LogP contribution in [-0.2, 0) is 0 Å². The highest BCUT2D eigenvalue weighted by atomic mass is 15.1. The topological polar surface area (TPSA) is 27.0 Å². The van der Waals surface area contributed by atoms with Crippen LogP contribution < -0.4 is 0 Å². The van der Waals surface area contributed by atoms with E-state index in [0.29, 0.717) is 12.5 Å². The van der Waals surface area contributed by atoms with Crippen LogP contribution in [0.5, 0.6) is 0 Å². The van der Waals surface area contributed by atoms with Gasteiger partial charge in [-0.2, -0.15) is 5.26 Å². The smallest absolute Gasteiger partial charge is 0.0635 e. The molecule has 0 rings (SSSR count). The Morgan fingerprint density at radius 2 is 1.27 bits per heavy atom. The molecule has 0 aliphatic carbocycles. The molecule has 0 aromatic carbocycles. The lowest BCUT2D eigenvalue weighted by molar-refractivity contribution is 0.246. The van der Waals surface area contributed by atoms with Crippen molar-refractivity contribution in [1.82, 2.24) is 4.90 Å². The summed E-state index contributed by atoms with van der Waals surface area (Å²) in [5.74, 6) is 0. The average molecular weight is 309 g/mol. The zero-order chi connectivity index (χ0) is 16.5. The number of nitrogens with zero attached hydrogens (tertiary/aromatic N) is 2. The monoisotopic (exact) mass is 308 g/mol. The Morgan fingerprint density at radius 3 is 1.73 bits per heavy atom. The summed E-state index contributed by atoms with van der Waals surface area (Å²) in [7, 11) is 2.14. The van der Waals surface area contributed by atoms with Crippen LogP contribution in [0, 0.1) is 11.3 Å². The highest BCUT2D eigenvalue weighted by Crippen LogP contribution is 2.14. The molecule has 0 aliphatic heterocycles. The SMILES string of the molecule is CCCCCCCCCCCCCCC(C)N(C)CCC#N. The van der Waals surface area contributed by atoms with Crippen molar-refractivity contribution in [3.8, 4) is 6.07 Å². The first-order valence-corrected chi connectivity index (χ1v) is 9.79. The molecule has 0 saturated carbocycles. The number of hydrogen-bond donors (Lipinski definition) is 0. The highest BCUT2D eigenvalue weighted by Gasteiger charge is 2.07. The van der Waals surface area contributed by atoms with Crippen LogP contribution >= 0.6 is 0 Å². The number of rotatable bonds is 16. The van der Waals surface area contributed by atoms with Crippen LogP contribution in [0.4, 0.5) is 0 Å². The van der Waals surface area contributed by atoms with Crippen LogP contribution in [0.3, 0.4) is 0 Å². The van der Waals surface area contributed by atoms with Gasteiger partial charge in [-0.05, 0) is 20.4 Å². The van der Waals surface area contributed by atoms with Crippen molar-refractivity contribution >= 4 is 0 Å². The standard InChI is InChI=1S/C20H40N2/c1-4-5-6-7-8-9-10-11-12-13-14-15-17-20(2)22(3)19-16-18-21/h20H,4-17,19H2,1-3H3. The first kappa shape index (κ1) is 21.4. The molecule has 1 unspecified atom stereocenters. The average Bonchev–Trinajstić information content (AvgIpc) is 2.53. The van der Waals surface area contributed by atoms with Gasteiger partial charge in [0, 0.05) is 19.0 Å². The molecular weight excluding hydrogens is 268 g/mol. The van der Waals surface area contributed by atoms with Crippen molar-refractivity contribution in [1.29, 1.82) is 5.26 Å². The zero-order valence-electron chi connectivity index (χ0n) is 15.6. The van der Waals surface area contributed by atoms with Gasteiger partial charge in [0.05, 0.1) is 6.07 Å². The Balaban J connectivity index is 3.21. The molecule has 0 spiro atoms. The van der Waals surface area contributed by atoms with Gasteiger partial charge in [-0.15, -0.1) is 0 Å². The quantitative estimate of drug-likeness (QED) is 0.312. The fourth-order valence-corrected chi connectivity index (χ4v) is 2.95.